The summed E-state index contributed by atoms with van der Waals surface area (Å²) in [5.74, 6) is -13.1. The number of carbonyl (C=O) groups is 10. The van der Waals surface area contributed by atoms with Crippen LogP contribution >= 0.6 is 23.5 Å². The summed E-state index contributed by atoms with van der Waals surface area (Å²) >= 11 is 1.85. The van der Waals surface area contributed by atoms with Crippen molar-refractivity contribution in [3.05, 3.63) is 23.8 Å². The summed E-state index contributed by atoms with van der Waals surface area (Å²) in [5, 5.41) is 133. The van der Waals surface area contributed by atoms with Gasteiger partial charge in [0.25, 0.3) is 0 Å². The number of carbonyl (C=O) groups excluding carboxylic acids is 6. The maximum absolute atomic E-state index is 13.1. The van der Waals surface area contributed by atoms with Crippen LogP contribution in [0.25, 0.3) is 0 Å². The predicted molar refractivity (Wildman–Crippen MR) is 316 cm³/mol. The van der Waals surface area contributed by atoms with E-state index in [1.54, 1.807) is 0 Å². The molecule has 45 heteroatoms. The molecule has 0 radical (unpaired) electrons. The Morgan fingerprint density at radius 3 is 1.24 bits per heavy atom. The lowest BCUT2D eigenvalue weighted by molar-refractivity contribution is -0.375. The number of ether oxygens (including phenoxy) is 3. The Morgan fingerprint density at radius 2 is 0.903 bits per heavy atom. The number of aromatic nitrogens is 6. The van der Waals surface area contributed by atoms with E-state index in [2.05, 4.69) is 62.5 Å². The van der Waals surface area contributed by atoms with E-state index in [9.17, 15) is 99.0 Å². The number of aliphatic imine (C=N–C) groups is 2. The van der Waals surface area contributed by atoms with E-state index in [0.29, 0.717) is 12.8 Å². The summed E-state index contributed by atoms with van der Waals surface area (Å²) in [6.45, 7) is -1.83. The number of aliphatic hydroxyl groups is 6. The molecule has 2 aromatic heterocycles. The number of carboxylic acid groups (broad SMARTS) is 4. The van der Waals surface area contributed by atoms with Gasteiger partial charge in [0.15, 0.2) is 24.5 Å². The molecule has 2 fully saturated rings. The second-order valence-electron chi connectivity index (χ2n) is 20.8. The number of carboxylic acids is 4. The average Bonchev–Trinajstić information content (AvgIpc) is 1.37. The molecule has 2 aliphatic heterocycles. The molecule has 0 unspecified atom stereocenters. The number of nitrogens with zero attached hydrogens (tertiary/aromatic N) is 8. The third-order valence-electron chi connectivity index (χ3n) is 13.3. The van der Waals surface area contributed by atoms with Crippen molar-refractivity contribution in [1.82, 2.24) is 61.9 Å². The molecule has 6 amide bonds. The SMILES string of the molecule is NC(N)=NCCC[C@H](N)C(=O)NCC(=O)N[C@@H](CC(=O)O)C(=O)N[C@@H](CSCc1cn(C[C@H]2O[C@H](O[C@H]3O[C@H](Cn4cc(CSC[C@H](NC(=O)[C@H](CC(=O)O)NC(=O)CNC(=O)[C@@H](N)CCCN=C(N)N)C(=O)O)nn4)[C@@H](O)[C@H](O)[C@H]3O)[C@@H](O)[C@@H](O)[C@@H]2O)nn1)C(=O)O. The van der Waals surface area contributed by atoms with Crippen molar-refractivity contribution in [3.63, 3.8) is 0 Å². The fourth-order valence-corrected chi connectivity index (χ4v) is 10.3. The highest BCUT2D eigenvalue weighted by Gasteiger charge is 2.50. The van der Waals surface area contributed by atoms with Gasteiger partial charge in [-0.2, -0.15) is 23.5 Å². The molecule has 4 heterocycles. The highest BCUT2D eigenvalue weighted by Crippen LogP contribution is 2.29. The first-order valence-corrected chi connectivity index (χ1v) is 30.4. The van der Waals surface area contributed by atoms with Crippen molar-refractivity contribution >= 4 is 94.8 Å². The molecule has 0 aromatic carbocycles. The zero-order chi connectivity index (χ0) is 69.2. The van der Waals surface area contributed by atoms with E-state index in [1.165, 1.54) is 12.4 Å². The molecular weight excluding hydrogens is 1290 g/mol. The highest BCUT2D eigenvalue weighted by molar-refractivity contribution is 7.98. The molecule has 0 bridgehead atoms. The van der Waals surface area contributed by atoms with Crippen molar-refractivity contribution in [2.45, 2.75) is 161 Å². The molecule has 0 saturated carbocycles. The van der Waals surface area contributed by atoms with Crippen LogP contribution in [0.3, 0.4) is 0 Å². The number of guanidine groups is 2. The van der Waals surface area contributed by atoms with Crippen molar-refractivity contribution in [1.29, 1.82) is 0 Å². The predicted octanol–water partition coefficient (Wildman–Crippen LogP) is -12.3. The molecule has 16 atom stereocenters. The molecule has 4 rings (SSSR count). The fraction of sp³-hybridized carbons (Fsp3) is 0.667. The molecule has 520 valence electrons. The van der Waals surface area contributed by atoms with Gasteiger partial charge >= 0.3 is 23.9 Å². The number of aliphatic carboxylic acids is 4. The van der Waals surface area contributed by atoms with Gasteiger partial charge in [0, 0.05) is 48.5 Å². The number of amides is 6. The van der Waals surface area contributed by atoms with Crippen molar-refractivity contribution in [2.75, 3.05) is 37.7 Å². The number of aliphatic hydroxyl groups excluding tert-OH is 6. The van der Waals surface area contributed by atoms with Gasteiger partial charge < -0.3 is 132 Å². The van der Waals surface area contributed by atoms with Gasteiger partial charge in [-0.3, -0.25) is 48.3 Å². The monoisotopic (exact) mass is 1370 g/mol. The van der Waals surface area contributed by atoms with Gasteiger partial charge in [-0.15, -0.1) is 10.2 Å². The Morgan fingerprint density at radius 1 is 0.538 bits per heavy atom. The zero-order valence-corrected chi connectivity index (χ0v) is 51.0. The maximum Gasteiger partial charge on any atom is 0.327 e. The van der Waals surface area contributed by atoms with E-state index in [1.807, 2.05) is 0 Å². The van der Waals surface area contributed by atoms with Crippen LogP contribution in [0.5, 0.6) is 0 Å². The van der Waals surface area contributed by atoms with Crippen LogP contribution < -0.4 is 66.3 Å². The normalized spacial score (nSPS) is 23.0. The number of hydrogen-bond acceptors (Lipinski definition) is 29. The van der Waals surface area contributed by atoms with Gasteiger partial charge in [-0.1, -0.05) is 10.4 Å². The van der Waals surface area contributed by atoms with Crippen molar-refractivity contribution in [2.24, 2.45) is 44.4 Å². The summed E-state index contributed by atoms with van der Waals surface area (Å²) in [6.07, 6.45) is -16.6. The zero-order valence-electron chi connectivity index (χ0n) is 49.3. The first-order chi connectivity index (χ1) is 43.8. The van der Waals surface area contributed by atoms with Crippen LogP contribution in [-0.2, 0) is 86.8 Å². The number of hydrogen-bond donors (Lipinski definition) is 22. The quantitative estimate of drug-likeness (QED) is 0.0167. The van der Waals surface area contributed by atoms with E-state index < -0.39 is 183 Å². The summed E-state index contributed by atoms with van der Waals surface area (Å²) < 4.78 is 19.5. The van der Waals surface area contributed by atoms with E-state index >= 15 is 0 Å². The highest BCUT2D eigenvalue weighted by atomic mass is 32.2. The van der Waals surface area contributed by atoms with Gasteiger partial charge in [0.1, 0.15) is 73.0 Å². The molecule has 2 saturated heterocycles. The Kier molecular flexibility index (Phi) is 31.6. The Hall–Kier alpha value is -8.22. The lowest BCUT2D eigenvalue weighted by atomic mass is 9.97. The molecule has 93 heavy (non-hydrogen) atoms. The van der Waals surface area contributed by atoms with Gasteiger partial charge in [-0.25, -0.2) is 19.0 Å². The maximum atomic E-state index is 13.1. The molecule has 28 N–H and O–H groups in total. The molecule has 0 spiro atoms. The second-order valence-corrected chi connectivity index (χ2v) is 22.9. The average molecular weight is 1370 g/mol. The van der Waals surface area contributed by atoms with Crippen LogP contribution in [0.1, 0.15) is 49.9 Å². The lowest BCUT2D eigenvalue weighted by Gasteiger charge is -2.45. The van der Waals surface area contributed by atoms with Crippen LogP contribution in [0.2, 0.25) is 0 Å². The Bertz CT molecular complexity index is 2730. The van der Waals surface area contributed by atoms with Crippen LogP contribution in [0.15, 0.2) is 22.4 Å². The minimum atomic E-state index is -2.01. The number of nitrogens with one attached hydrogen (secondary N) is 6. The third-order valence-corrected chi connectivity index (χ3v) is 15.5. The largest absolute Gasteiger partial charge is 0.481 e. The molecule has 43 nitrogen and oxygen atoms in total. The standard InChI is InChI=1S/C48H78N20O23S2/c49-21(3-1-5-55-47(51)52)39(81)57-9-29(69)59-23(7-31(71)72)41(83)61-25(43(85)86)17-92-15-19-11-67(65-63-19)13-27-33(75)35(77)37(79)45(89-27)91-46-38(80)36(78)34(76)28(90-46)14-68-12-20(64-66-68)16-93-18-26(44(87)88)62-42(84)24(8-32(73)74)60-30(70)10-58-40(82)22(50)4-2-6-56-48(53)54/h11-12,21-28,33-38,45-46,75-80H,1-10,13-18,49-50H2,(H,57,81)(H,58,82)(H,59,69)(H,60,70)(H,61,83)(H,62,84)(H,71,72)(H,73,74)(H,85,86)(H,87,88)(H4,51,52,55)(H4,53,54,56)/t21-,22-,23-,24-,25-,26-,27+,28+,33+,34+,35-,36-,37-,38+,45+,46+/m0/s1. The smallest absolute Gasteiger partial charge is 0.327 e. The Labute approximate surface area is 534 Å². The summed E-state index contributed by atoms with van der Waals surface area (Å²) in [4.78, 5) is 131. The Balaban J connectivity index is 1.28. The second kappa shape index (κ2) is 38.1. The first-order valence-electron chi connectivity index (χ1n) is 28.1. The first kappa shape index (κ1) is 77.2. The van der Waals surface area contributed by atoms with Crippen LogP contribution in [0, 0.1) is 0 Å². The number of rotatable bonds is 40. The van der Waals surface area contributed by atoms with Crippen LogP contribution in [0.4, 0.5) is 0 Å². The van der Waals surface area contributed by atoms with E-state index in [0.717, 1.165) is 32.9 Å². The number of thioether (sulfide) groups is 2. The van der Waals surface area contributed by atoms with Gasteiger partial charge in [-0.05, 0) is 25.7 Å². The molecule has 0 aliphatic carbocycles. The van der Waals surface area contributed by atoms with Crippen molar-refractivity contribution < 1.29 is 113 Å². The summed E-state index contributed by atoms with van der Waals surface area (Å²) in [7, 11) is 0. The van der Waals surface area contributed by atoms with E-state index in [-0.39, 0.29) is 85.3 Å². The van der Waals surface area contributed by atoms with Crippen molar-refractivity contribution in [3.8, 4) is 0 Å². The molecule has 2 aromatic rings. The van der Waals surface area contributed by atoms with Gasteiger partial charge in [0.05, 0.1) is 62.5 Å². The minimum Gasteiger partial charge on any atom is -0.481 e. The molecule has 2 aliphatic rings. The fourth-order valence-electron chi connectivity index (χ4n) is 8.46. The third kappa shape index (κ3) is 26.4. The number of nitrogens with two attached hydrogens (primary N) is 6. The van der Waals surface area contributed by atoms with Gasteiger partial charge in [0.2, 0.25) is 35.4 Å². The topological polar surface area (TPSA) is 715 Å². The minimum absolute atomic E-state index is 0.0537. The van der Waals surface area contributed by atoms with E-state index in [4.69, 9.17) is 48.6 Å². The molecular formula is C48H78N20O23S2. The summed E-state index contributed by atoms with van der Waals surface area (Å²) in [6, 6.07) is -8.95. The van der Waals surface area contributed by atoms with Crippen LogP contribution in [-0.4, -0.2) is 288 Å². The lowest BCUT2D eigenvalue weighted by Crippen LogP contribution is -2.63. The summed E-state index contributed by atoms with van der Waals surface area (Å²) in [5.41, 5.74) is 33.0.